The predicted molar refractivity (Wildman–Crippen MR) is 45.7 cm³/mol. The van der Waals surface area contributed by atoms with Crippen molar-refractivity contribution in [3.05, 3.63) is 0 Å². The smallest absolute Gasteiger partial charge is 0.283 e. The summed E-state index contributed by atoms with van der Waals surface area (Å²) < 4.78 is 30.6. The van der Waals surface area contributed by atoms with Crippen LogP contribution in [0.5, 0.6) is 0 Å². The number of alkyl halides is 2. The van der Waals surface area contributed by atoms with Crippen molar-refractivity contribution in [2.24, 2.45) is 0 Å². The molecule has 74 valence electrons. The summed E-state index contributed by atoms with van der Waals surface area (Å²) in [4.78, 5) is 1.65. The molecular weight excluding hydrogens is 176 g/mol. The van der Waals surface area contributed by atoms with Gasteiger partial charge in [-0.25, -0.2) is 8.78 Å². The molecule has 1 saturated heterocycles. The fourth-order valence-electron chi connectivity index (χ4n) is 1.28. The van der Waals surface area contributed by atoms with E-state index in [9.17, 15) is 8.78 Å². The molecule has 1 aliphatic heterocycles. The van der Waals surface area contributed by atoms with Crippen LogP contribution in [0.2, 0.25) is 0 Å². The molecule has 0 spiro atoms. The molecule has 1 fully saturated rings. The van der Waals surface area contributed by atoms with Gasteiger partial charge in [-0.2, -0.15) is 0 Å². The second-order valence-electron chi connectivity index (χ2n) is 3.14. The zero-order valence-electron chi connectivity index (χ0n) is 7.43. The Morgan fingerprint density at radius 2 is 2.31 bits per heavy atom. The molecular formula is C9H13F2NO. The summed E-state index contributed by atoms with van der Waals surface area (Å²) in [6.07, 6.45) is 5.57. The Bertz CT molecular complexity index is 200. The van der Waals surface area contributed by atoms with Crippen molar-refractivity contribution in [2.45, 2.75) is 12.3 Å². The first-order chi connectivity index (χ1) is 6.14. The number of hydrogen-bond acceptors (Lipinski definition) is 2. The minimum atomic E-state index is -2.73. The Labute approximate surface area is 76.9 Å². The van der Waals surface area contributed by atoms with E-state index in [4.69, 9.17) is 11.2 Å². The van der Waals surface area contributed by atoms with Gasteiger partial charge in [-0.1, -0.05) is 0 Å². The zero-order valence-corrected chi connectivity index (χ0v) is 7.43. The molecule has 0 aromatic carbocycles. The highest BCUT2D eigenvalue weighted by atomic mass is 19.3. The molecule has 0 N–H and O–H groups in total. The van der Waals surface area contributed by atoms with E-state index in [-0.39, 0.29) is 6.54 Å². The molecule has 4 heteroatoms. The molecule has 0 saturated carbocycles. The van der Waals surface area contributed by atoms with Crippen LogP contribution in [0.15, 0.2) is 0 Å². The molecule has 0 atom stereocenters. The van der Waals surface area contributed by atoms with Gasteiger partial charge in [0.05, 0.1) is 13.2 Å². The van der Waals surface area contributed by atoms with E-state index < -0.39 is 12.5 Å². The predicted octanol–water partition coefficient (Wildman–Crippen LogP) is 0.977. The van der Waals surface area contributed by atoms with Crippen LogP contribution in [-0.4, -0.2) is 43.7 Å². The zero-order chi connectivity index (χ0) is 9.73. The SMILES string of the molecule is C#CCCN1CCOCC(F)(F)C1. The van der Waals surface area contributed by atoms with Crippen LogP contribution >= 0.6 is 0 Å². The van der Waals surface area contributed by atoms with Crippen molar-refractivity contribution in [1.82, 2.24) is 4.90 Å². The lowest BCUT2D eigenvalue weighted by Gasteiger charge is -2.21. The van der Waals surface area contributed by atoms with Gasteiger partial charge in [0.15, 0.2) is 0 Å². The van der Waals surface area contributed by atoms with Gasteiger partial charge in [-0.3, -0.25) is 4.90 Å². The fraction of sp³-hybridized carbons (Fsp3) is 0.778. The van der Waals surface area contributed by atoms with Gasteiger partial charge in [-0.15, -0.1) is 12.3 Å². The van der Waals surface area contributed by atoms with Gasteiger partial charge in [0, 0.05) is 19.5 Å². The lowest BCUT2D eigenvalue weighted by Crippen LogP contribution is -2.37. The van der Waals surface area contributed by atoms with Crippen molar-refractivity contribution >= 4 is 0 Å². The van der Waals surface area contributed by atoms with Crippen LogP contribution < -0.4 is 0 Å². The number of hydrogen-bond donors (Lipinski definition) is 0. The number of nitrogens with zero attached hydrogens (tertiary/aromatic N) is 1. The summed E-state index contributed by atoms with van der Waals surface area (Å²) in [5, 5.41) is 0. The average Bonchev–Trinajstić information content (AvgIpc) is 2.22. The average molecular weight is 189 g/mol. The first kappa shape index (κ1) is 10.4. The molecule has 1 heterocycles. The van der Waals surface area contributed by atoms with Crippen LogP contribution in [0.25, 0.3) is 0 Å². The first-order valence-electron chi connectivity index (χ1n) is 4.25. The molecule has 1 aliphatic rings. The number of rotatable bonds is 2. The number of ether oxygens (including phenoxy) is 1. The lowest BCUT2D eigenvalue weighted by atomic mass is 10.3. The van der Waals surface area contributed by atoms with Crippen LogP contribution in [0.3, 0.4) is 0 Å². The third kappa shape index (κ3) is 3.71. The molecule has 2 nitrogen and oxygen atoms in total. The normalized spacial score (nSPS) is 23.5. The molecule has 0 bridgehead atoms. The van der Waals surface area contributed by atoms with Crippen molar-refractivity contribution in [3.8, 4) is 12.3 Å². The van der Waals surface area contributed by atoms with Crippen LogP contribution in [0.4, 0.5) is 8.78 Å². The monoisotopic (exact) mass is 189 g/mol. The summed E-state index contributed by atoms with van der Waals surface area (Å²) in [7, 11) is 0. The van der Waals surface area contributed by atoms with Crippen molar-refractivity contribution in [2.75, 3.05) is 32.8 Å². The molecule has 0 amide bonds. The highest BCUT2D eigenvalue weighted by Gasteiger charge is 2.33. The van der Waals surface area contributed by atoms with Crippen LogP contribution in [0.1, 0.15) is 6.42 Å². The Morgan fingerprint density at radius 3 is 3.00 bits per heavy atom. The lowest BCUT2D eigenvalue weighted by molar-refractivity contribution is -0.0681. The van der Waals surface area contributed by atoms with E-state index in [0.29, 0.717) is 26.1 Å². The van der Waals surface area contributed by atoms with Gasteiger partial charge in [-0.05, 0) is 0 Å². The van der Waals surface area contributed by atoms with Crippen molar-refractivity contribution in [1.29, 1.82) is 0 Å². The van der Waals surface area contributed by atoms with Gasteiger partial charge >= 0.3 is 0 Å². The van der Waals surface area contributed by atoms with Crippen molar-refractivity contribution in [3.63, 3.8) is 0 Å². The van der Waals surface area contributed by atoms with Gasteiger partial charge in [0.2, 0.25) is 0 Å². The third-order valence-electron chi connectivity index (χ3n) is 1.89. The minimum Gasteiger partial charge on any atom is -0.374 e. The Morgan fingerprint density at radius 1 is 1.54 bits per heavy atom. The summed E-state index contributed by atoms with van der Waals surface area (Å²) >= 11 is 0. The minimum absolute atomic E-state index is 0.241. The maximum absolute atomic E-state index is 12.9. The molecule has 13 heavy (non-hydrogen) atoms. The van der Waals surface area contributed by atoms with E-state index >= 15 is 0 Å². The molecule has 0 radical (unpaired) electrons. The molecule has 1 rings (SSSR count). The Hall–Kier alpha value is -0.660. The summed E-state index contributed by atoms with van der Waals surface area (Å²) in [6.45, 7) is 0.709. The summed E-state index contributed by atoms with van der Waals surface area (Å²) in [5.41, 5.74) is 0. The van der Waals surface area contributed by atoms with Gasteiger partial charge in [0.25, 0.3) is 5.92 Å². The molecule has 0 aromatic rings. The number of halogens is 2. The third-order valence-corrected chi connectivity index (χ3v) is 1.89. The standard InChI is InChI=1S/C9H13F2NO/c1-2-3-4-12-5-6-13-8-9(10,11)7-12/h1H,3-8H2. The Kier molecular flexibility index (Phi) is 3.64. The summed E-state index contributed by atoms with van der Waals surface area (Å²) in [6, 6.07) is 0. The van der Waals surface area contributed by atoms with Gasteiger partial charge < -0.3 is 4.74 Å². The second-order valence-corrected chi connectivity index (χ2v) is 3.14. The van der Waals surface area contributed by atoms with E-state index in [1.165, 1.54) is 0 Å². The van der Waals surface area contributed by atoms with Crippen molar-refractivity contribution < 1.29 is 13.5 Å². The first-order valence-corrected chi connectivity index (χ1v) is 4.25. The highest BCUT2D eigenvalue weighted by Crippen LogP contribution is 2.18. The summed E-state index contributed by atoms with van der Waals surface area (Å²) in [5.74, 6) is -0.296. The van der Waals surface area contributed by atoms with Gasteiger partial charge in [0.1, 0.15) is 6.61 Å². The molecule has 0 aliphatic carbocycles. The maximum atomic E-state index is 12.9. The molecule has 0 unspecified atom stereocenters. The maximum Gasteiger partial charge on any atom is 0.283 e. The highest BCUT2D eigenvalue weighted by molar-refractivity contribution is 4.86. The largest absolute Gasteiger partial charge is 0.374 e. The quantitative estimate of drug-likeness (QED) is 0.600. The fourth-order valence-corrected chi connectivity index (χ4v) is 1.28. The van der Waals surface area contributed by atoms with E-state index in [1.807, 2.05) is 0 Å². The molecule has 0 aromatic heterocycles. The van der Waals surface area contributed by atoms with E-state index in [2.05, 4.69) is 5.92 Å². The second kappa shape index (κ2) is 4.54. The topological polar surface area (TPSA) is 12.5 Å². The van der Waals surface area contributed by atoms with Crippen LogP contribution in [-0.2, 0) is 4.74 Å². The van der Waals surface area contributed by atoms with E-state index in [1.54, 1.807) is 4.90 Å². The van der Waals surface area contributed by atoms with E-state index in [0.717, 1.165) is 0 Å². The number of terminal acetylenes is 1. The van der Waals surface area contributed by atoms with Crippen LogP contribution in [0, 0.1) is 12.3 Å². The Balaban J connectivity index is 2.41.